The summed E-state index contributed by atoms with van der Waals surface area (Å²) in [6.45, 7) is 1.17. The summed E-state index contributed by atoms with van der Waals surface area (Å²) in [4.78, 5) is 34.7. The molecule has 1 aliphatic heterocycles. The van der Waals surface area contributed by atoms with Gasteiger partial charge in [-0.05, 0) is 0 Å². The summed E-state index contributed by atoms with van der Waals surface area (Å²) in [5.74, 6) is -0.350. The van der Waals surface area contributed by atoms with Gasteiger partial charge in [-0.15, -0.1) is 0 Å². The Kier molecular flexibility index (Phi) is 5.08. The Balaban J connectivity index is 2.50. The zero-order valence-electron chi connectivity index (χ0n) is 9.22. The fourth-order valence-electron chi connectivity index (χ4n) is 1.41. The van der Waals surface area contributed by atoms with Crippen LogP contribution in [0.15, 0.2) is 0 Å². The number of hydrogen-bond acceptors (Lipinski definition) is 4. The van der Waals surface area contributed by atoms with Crippen LogP contribution in [0.3, 0.4) is 0 Å². The molecule has 1 saturated heterocycles. The molecule has 0 aromatic heterocycles. The first-order chi connectivity index (χ1) is 8.00. The summed E-state index contributed by atoms with van der Waals surface area (Å²) in [5, 5.41) is 11.1. The van der Waals surface area contributed by atoms with Crippen LogP contribution in [-0.4, -0.2) is 58.6 Å². The first kappa shape index (κ1) is 13.6. The second kappa shape index (κ2) is 6.33. The van der Waals surface area contributed by atoms with Crippen LogP contribution in [0.5, 0.6) is 0 Å². The zero-order valence-corrected chi connectivity index (χ0v) is 10.0. The summed E-state index contributed by atoms with van der Waals surface area (Å²) in [7, 11) is 0. The first-order valence-electron chi connectivity index (χ1n) is 5.15. The van der Waals surface area contributed by atoms with Crippen molar-refractivity contribution >= 4 is 29.7 Å². The van der Waals surface area contributed by atoms with Crippen LogP contribution in [0.4, 0.5) is 4.79 Å². The molecular formula is C9H15N3O4S. The summed E-state index contributed by atoms with van der Waals surface area (Å²) >= 11 is 1.74. The highest BCUT2D eigenvalue weighted by Gasteiger charge is 2.25. The number of carbonyl (C=O) groups excluding carboxylic acids is 2. The quantitative estimate of drug-likeness (QED) is 0.605. The second-order valence-electron chi connectivity index (χ2n) is 3.61. The van der Waals surface area contributed by atoms with Gasteiger partial charge in [-0.25, -0.2) is 9.59 Å². The van der Waals surface area contributed by atoms with Gasteiger partial charge in [0.2, 0.25) is 5.91 Å². The fourth-order valence-corrected chi connectivity index (χ4v) is 2.31. The van der Waals surface area contributed by atoms with Gasteiger partial charge in [0.1, 0.15) is 6.04 Å². The molecule has 0 aromatic rings. The molecule has 1 fully saturated rings. The van der Waals surface area contributed by atoms with Gasteiger partial charge in [0, 0.05) is 24.6 Å². The van der Waals surface area contributed by atoms with E-state index in [-0.39, 0.29) is 0 Å². The summed E-state index contributed by atoms with van der Waals surface area (Å²) in [6, 6.07) is -1.71. The number of carboxylic acids is 1. The lowest BCUT2D eigenvalue weighted by atomic mass is 10.2. The van der Waals surface area contributed by atoms with Crippen molar-refractivity contribution in [3.05, 3.63) is 0 Å². The molecule has 0 aromatic carbocycles. The molecular weight excluding hydrogens is 246 g/mol. The van der Waals surface area contributed by atoms with Gasteiger partial charge in [-0.2, -0.15) is 11.8 Å². The first-order valence-corrected chi connectivity index (χ1v) is 6.30. The second-order valence-corrected chi connectivity index (χ2v) is 4.83. The Labute approximate surface area is 103 Å². The summed E-state index contributed by atoms with van der Waals surface area (Å²) in [5.41, 5.74) is 4.91. The van der Waals surface area contributed by atoms with E-state index in [0.717, 1.165) is 11.5 Å². The van der Waals surface area contributed by atoms with Gasteiger partial charge in [0.15, 0.2) is 0 Å². The number of carboxylic acid groups (broad SMARTS) is 1. The van der Waals surface area contributed by atoms with Crippen molar-refractivity contribution in [1.29, 1.82) is 0 Å². The molecule has 4 N–H and O–H groups in total. The molecule has 0 radical (unpaired) electrons. The molecule has 17 heavy (non-hydrogen) atoms. The highest BCUT2D eigenvalue weighted by molar-refractivity contribution is 7.99. The van der Waals surface area contributed by atoms with E-state index in [4.69, 9.17) is 10.8 Å². The monoisotopic (exact) mass is 261 g/mol. The number of hydrogen-bond donors (Lipinski definition) is 3. The molecule has 1 aliphatic rings. The van der Waals surface area contributed by atoms with Gasteiger partial charge in [-0.1, -0.05) is 0 Å². The standard InChI is InChI=1S/C9H15N3O4S/c10-7(13)5-6(8(14)15)11-9(16)12-1-3-17-4-2-12/h6H,1-5H2,(H2,10,13)(H,11,16)(H,14,15)/t6-/m0/s1. The van der Waals surface area contributed by atoms with Crippen LogP contribution in [-0.2, 0) is 9.59 Å². The predicted octanol–water partition coefficient (Wildman–Crippen LogP) is -0.927. The van der Waals surface area contributed by atoms with Gasteiger partial charge >= 0.3 is 12.0 Å². The van der Waals surface area contributed by atoms with E-state index in [1.54, 1.807) is 11.8 Å². The zero-order chi connectivity index (χ0) is 12.8. The number of urea groups is 1. The third kappa shape index (κ3) is 4.51. The fraction of sp³-hybridized carbons (Fsp3) is 0.667. The maximum atomic E-state index is 11.7. The lowest BCUT2D eigenvalue weighted by molar-refractivity contribution is -0.140. The Morgan fingerprint density at radius 1 is 1.35 bits per heavy atom. The van der Waals surface area contributed by atoms with Crippen molar-refractivity contribution in [2.75, 3.05) is 24.6 Å². The van der Waals surface area contributed by atoms with Gasteiger partial charge < -0.3 is 21.1 Å². The van der Waals surface area contributed by atoms with Gasteiger partial charge in [0.05, 0.1) is 6.42 Å². The minimum atomic E-state index is -1.26. The molecule has 0 aliphatic carbocycles. The van der Waals surface area contributed by atoms with E-state index in [0.29, 0.717) is 13.1 Å². The minimum Gasteiger partial charge on any atom is -0.480 e. The van der Waals surface area contributed by atoms with Crippen molar-refractivity contribution in [3.63, 3.8) is 0 Å². The maximum Gasteiger partial charge on any atom is 0.326 e. The Hall–Kier alpha value is -1.44. The number of primary amides is 1. The summed E-state index contributed by atoms with van der Waals surface area (Å²) in [6.07, 6.45) is -0.399. The van der Waals surface area contributed by atoms with E-state index in [1.807, 2.05) is 0 Å². The van der Waals surface area contributed by atoms with Crippen molar-refractivity contribution < 1.29 is 19.5 Å². The Morgan fingerprint density at radius 2 is 1.94 bits per heavy atom. The highest BCUT2D eigenvalue weighted by Crippen LogP contribution is 2.09. The van der Waals surface area contributed by atoms with Crippen molar-refractivity contribution in [2.24, 2.45) is 5.73 Å². The van der Waals surface area contributed by atoms with Crippen molar-refractivity contribution in [2.45, 2.75) is 12.5 Å². The van der Waals surface area contributed by atoms with E-state index >= 15 is 0 Å². The number of carbonyl (C=O) groups is 3. The average molecular weight is 261 g/mol. The molecule has 8 heteroatoms. The molecule has 0 spiro atoms. The molecule has 1 heterocycles. The number of nitrogens with two attached hydrogens (primary N) is 1. The molecule has 0 unspecified atom stereocenters. The van der Waals surface area contributed by atoms with Gasteiger partial charge in [-0.3, -0.25) is 4.79 Å². The van der Waals surface area contributed by atoms with E-state index in [2.05, 4.69) is 5.32 Å². The highest BCUT2D eigenvalue weighted by atomic mass is 32.2. The van der Waals surface area contributed by atoms with Crippen LogP contribution in [0.2, 0.25) is 0 Å². The van der Waals surface area contributed by atoms with E-state index in [1.165, 1.54) is 4.90 Å². The molecule has 0 bridgehead atoms. The molecule has 1 rings (SSSR count). The maximum absolute atomic E-state index is 11.7. The van der Waals surface area contributed by atoms with E-state index < -0.39 is 30.4 Å². The average Bonchev–Trinajstić information content (AvgIpc) is 2.28. The van der Waals surface area contributed by atoms with Crippen LogP contribution in [0, 0.1) is 0 Å². The topological polar surface area (TPSA) is 113 Å². The Morgan fingerprint density at radius 3 is 2.41 bits per heavy atom. The number of aliphatic carboxylic acids is 1. The number of amides is 3. The van der Waals surface area contributed by atoms with Crippen molar-refractivity contribution in [1.82, 2.24) is 10.2 Å². The SMILES string of the molecule is NC(=O)C[C@H](NC(=O)N1CCSCC1)C(=O)O. The van der Waals surface area contributed by atoms with Crippen molar-refractivity contribution in [3.8, 4) is 0 Å². The lowest BCUT2D eigenvalue weighted by Gasteiger charge is -2.27. The normalized spacial score (nSPS) is 17.3. The van der Waals surface area contributed by atoms with Crippen LogP contribution >= 0.6 is 11.8 Å². The van der Waals surface area contributed by atoms with E-state index in [9.17, 15) is 14.4 Å². The molecule has 0 saturated carbocycles. The minimum absolute atomic E-state index is 0.399. The number of nitrogens with one attached hydrogen (secondary N) is 1. The third-order valence-electron chi connectivity index (χ3n) is 2.30. The number of thioether (sulfide) groups is 1. The number of nitrogens with zero attached hydrogens (tertiary/aromatic N) is 1. The smallest absolute Gasteiger partial charge is 0.326 e. The number of rotatable bonds is 4. The third-order valence-corrected chi connectivity index (χ3v) is 3.24. The van der Waals surface area contributed by atoms with Crippen LogP contribution < -0.4 is 11.1 Å². The molecule has 1 atom stereocenters. The van der Waals surface area contributed by atoms with Gasteiger partial charge in [0.25, 0.3) is 0 Å². The molecule has 96 valence electrons. The molecule has 7 nitrogen and oxygen atoms in total. The Bertz CT molecular complexity index is 317. The van der Waals surface area contributed by atoms with Crippen LogP contribution in [0.1, 0.15) is 6.42 Å². The summed E-state index contributed by atoms with van der Waals surface area (Å²) < 4.78 is 0. The van der Waals surface area contributed by atoms with Crippen LogP contribution in [0.25, 0.3) is 0 Å². The lowest BCUT2D eigenvalue weighted by Crippen LogP contribution is -2.51. The predicted molar refractivity (Wildman–Crippen MR) is 62.7 cm³/mol. The largest absolute Gasteiger partial charge is 0.480 e. The molecule has 3 amide bonds.